The van der Waals surface area contributed by atoms with Gasteiger partial charge in [-0.3, -0.25) is 0 Å². The van der Waals surface area contributed by atoms with Crippen LogP contribution in [0.4, 0.5) is 0 Å². The Kier molecular flexibility index (Phi) is 3.36. The molecule has 0 aliphatic carbocycles. The van der Waals surface area contributed by atoms with Crippen LogP contribution >= 0.6 is 7.87 Å². The average molecular weight is 264 g/mol. The van der Waals surface area contributed by atoms with Gasteiger partial charge in [0.25, 0.3) is 1.28 Å². The van der Waals surface area contributed by atoms with Crippen LogP contribution in [-0.2, 0) is 0 Å². The summed E-state index contributed by atoms with van der Waals surface area (Å²) < 4.78 is 9.25. The Bertz CT molecular complexity index is 569. The molecule has 0 heterocycles. The van der Waals surface area contributed by atoms with Crippen LogP contribution in [0.15, 0.2) is 91.0 Å². The van der Waals surface area contributed by atoms with Crippen molar-refractivity contribution >= 4 is 23.8 Å². The molecule has 0 N–H and O–H groups in total. The summed E-state index contributed by atoms with van der Waals surface area (Å²) in [4.78, 5) is 0. The van der Waals surface area contributed by atoms with Gasteiger partial charge in [0, 0.05) is 0 Å². The molecule has 1 heteroatoms. The highest BCUT2D eigenvalue weighted by atomic mass is 31.1. The van der Waals surface area contributed by atoms with E-state index in [4.69, 9.17) is 0 Å². The molecule has 0 aliphatic rings. The fourth-order valence-electron chi connectivity index (χ4n) is 2.18. The SMILES string of the molecule is [2H][P+](c1ccccc1)(c1ccccc1)c1ccccc1. The zero-order chi connectivity index (χ0) is 13.8. The monoisotopic (exact) mass is 264 g/mol. The smallest absolute Gasteiger partial charge is 0.0620 e. The van der Waals surface area contributed by atoms with Crippen molar-refractivity contribution in [2.45, 2.75) is 0 Å². The van der Waals surface area contributed by atoms with E-state index in [-0.39, 0.29) is 0 Å². The topological polar surface area (TPSA) is 0 Å². The first-order chi connectivity index (χ1) is 9.82. The first-order valence-electron chi connectivity index (χ1n) is 6.85. The Morgan fingerprint density at radius 1 is 0.474 bits per heavy atom. The summed E-state index contributed by atoms with van der Waals surface area (Å²) in [6.07, 6.45) is 0. The summed E-state index contributed by atoms with van der Waals surface area (Å²) in [5, 5.41) is 3.28. The van der Waals surface area contributed by atoms with Gasteiger partial charge in [0.2, 0.25) is 0 Å². The second kappa shape index (κ2) is 5.82. The number of benzene rings is 3. The molecular weight excluding hydrogens is 247 g/mol. The summed E-state index contributed by atoms with van der Waals surface area (Å²) in [6, 6.07) is 30.5. The molecule has 19 heavy (non-hydrogen) atoms. The van der Waals surface area contributed by atoms with Crippen molar-refractivity contribution in [3.8, 4) is 0 Å². The predicted octanol–water partition coefficient (Wildman–Crippen LogP) is 3.18. The molecule has 0 bridgehead atoms. The molecule has 0 atom stereocenters. The third-order valence-electron chi connectivity index (χ3n) is 3.04. The molecule has 0 nitrogen and oxygen atoms in total. The van der Waals surface area contributed by atoms with Crippen molar-refractivity contribution < 1.29 is 0 Å². The van der Waals surface area contributed by atoms with Gasteiger partial charge in [0.15, 0.2) is 0 Å². The van der Waals surface area contributed by atoms with E-state index in [1.165, 1.54) is 0 Å². The molecule has 0 aliphatic heterocycles. The van der Waals surface area contributed by atoms with E-state index < -0.39 is 7.87 Å². The van der Waals surface area contributed by atoms with Crippen LogP contribution in [0.1, 0.15) is 0 Å². The van der Waals surface area contributed by atoms with E-state index in [1.54, 1.807) is 0 Å². The summed E-state index contributed by atoms with van der Waals surface area (Å²) in [5.41, 5.74) is 0. The zero-order valence-electron chi connectivity index (χ0n) is 11.6. The molecule has 0 saturated carbocycles. The highest BCUT2D eigenvalue weighted by Crippen LogP contribution is 2.32. The fourth-order valence-corrected chi connectivity index (χ4v) is 4.48. The summed E-state index contributed by atoms with van der Waals surface area (Å²) in [5.74, 6) is 0. The predicted molar refractivity (Wildman–Crippen MR) is 86.5 cm³/mol. The van der Waals surface area contributed by atoms with Crippen LogP contribution in [0.25, 0.3) is 0 Å². The highest BCUT2D eigenvalue weighted by molar-refractivity contribution is 7.79. The lowest BCUT2D eigenvalue weighted by Gasteiger charge is -2.10. The second-order valence-corrected chi connectivity index (χ2v) is 6.56. The van der Waals surface area contributed by atoms with E-state index in [1.807, 2.05) is 54.6 Å². The van der Waals surface area contributed by atoms with E-state index in [2.05, 4.69) is 36.4 Å². The van der Waals surface area contributed by atoms with Gasteiger partial charge in [0.05, 0.1) is 7.87 Å². The second-order valence-electron chi connectivity index (χ2n) is 4.34. The Labute approximate surface area is 116 Å². The maximum atomic E-state index is 9.25. The maximum absolute atomic E-state index is 9.25. The molecule has 0 spiro atoms. The molecular formula is C18H16P+. The minimum absolute atomic E-state index is 1.09. The van der Waals surface area contributed by atoms with Gasteiger partial charge in [-0.25, -0.2) is 0 Å². The average Bonchev–Trinajstić information content (AvgIpc) is 2.56. The van der Waals surface area contributed by atoms with E-state index in [9.17, 15) is 1.28 Å². The fraction of sp³-hybridized carbons (Fsp3) is 0. The number of hydrogen-bond donors (Lipinski definition) is 0. The molecule has 3 rings (SSSR count). The number of rotatable bonds is 3. The van der Waals surface area contributed by atoms with Crippen molar-refractivity contribution in [3.63, 3.8) is 0 Å². The van der Waals surface area contributed by atoms with Gasteiger partial charge in [-0.05, 0) is 36.4 Å². The number of hydrogen-bond acceptors (Lipinski definition) is 0. The lowest BCUT2D eigenvalue weighted by atomic mass is 10.4. The molecule has 0 fully saturated rings. The minimum atomic E-state index is -2.28. The van der Waals surface area contributed by atoms with Gasteiger partial charge in [-0.1, -0.05) is 54.6 Å². The van der Waals surface area contributed by atoms with Crippen LogP contribution < -0.4 is 15.9 Å². The standard InChI is InChI=1S/C18H15P/c1-4-10-16(11-5-1)19(17-12-6-2-7-13-17)18-14-8-3-9-15-18/h1-15H/p+1/i/hD. The van der Waals surface area contributed by atoms with Crippen LogP contribution in [0, 0.1) is 0 Å². The molecule has 3 aromatic carbocycles. The lowest BCUT2D eigenvalue weighted by molar-refractivity contribution is 1.74. The maximum Gasteiger partial charge on any atom is 0.286 e. The highest BCUT2D eigenvalue weighted by Gasteiger charge is 2.24. The molecule has 92 valence electrons. The van der Waals surface area contributed by atoms with Gasteiger partial charge in [0.1, 0.15) is 15.9 Å². The summed E-state index contributed by atoms with van der Waals surface area (Å²) in [6.45, 7) is 0. The first kappa shape index (κ1) is 11.0. The zero-order valence-corrected chi connectivity index (χ0v) is 11.5. The van der Waals surface area contributed by atoms with Crippen LogP contribution in [0.2, 0.25) is 0 Å². The summed E-state index contributed by atoms with van der Waals surface area (Å²) in [7, 11) is -2.28. The van der Waals surface area contributed by atoms with Crippen LogP contribution in [-0.4, -0.2) is 1.28 Å². The van der Waals surface area contributed by atoms with E-state index in [0.29, 0.717) is 0 Å². The normalized spacial score (nSPS) is 11.9. The third kappa shape index (κ3) is 2.75. The molecule has 0 saturated heterocycles. The lowest BCUT2D eigenvalue weighted by Crippen LogP contribution is -2.20. The Balaban J connectivity index is 2.24. The Morgan fingerprint density at radius 3 is 1.00 bits per heavy atom. The van der Waals surface area contributed by atoms with Gasteiger partial charge < -0.3 is 0 Å². The quantitative estimate of drug-likeness (QED) is 0.637. The van der Waals surface area contributed by atoms with Crippen molar-refractivity contribution in [1.29, 1.82) is 1.28 Å². The molecule has 0 amide bonds. The minimum Gasteiger partial charge on any atom is -0.0620 e. The molecule has 3 aromatic rings. The summed E-state index contributed by atoms with van der Waals surface area (Å²) >= 11 is 0. The Hall–Kier alpha value is -1.91. The third-order valence-corrected chi connectivity index (χ3v) is 5.49. The Morgan fingerprint density at radius 2 is 0.737 bits per heavy atom. The van der Waals surface area contributed by atoms with E-state index in [0.717, 1.165) is 15.9 Å². The van der Waals surface area contributed by atoms with Crippen molar-refractivity contribution in [3.05, 3.63) is 91.0 Å². The first-order valence-corrected chi connectivity index (χ1v) is 7.74. The van der Waals surface area contributed by atoms with Gasteiger partial charge in [-0.2, -0.15) is 0 Å². The van der Waals surface area contributed by atoms with E-state index >= 15 is 0 Å². The molecule has 0 radical (unpaired) electrons. The van der Waals surface area contributed by atoms with Crippen molar-refractivity contribution in [2.75, 3.05) is 0 Å². The van der Waals surface area contributed by atoms with Gasteiger partial charge in [-0.15, -0.1) is 0 Å². The molecule has 0 unspecified atom stereocenters. The van der Waals surface area contributed by atoms with Crippen LogP contribution in [0.3, 0.4) is 0 Å². The van der Waals surface area contributed by atoms with Crippen LogP contribution in [0.5, 0.6) is 0 Å². The largest absolute Gasteiger partial charge is 0.286 e. The molecule has 0 aromatic heterocycles. The van der Waals surface area contributed by atoms with Crippen molar-refractivity contribution in [1.82, 2.24) is 0 Å². The van der Waals surface area contributed by atoms with Gasteiger partial charge >= 0.3 is 0 Å². The van der Waals surface area contributed by atoms with Crippen molar-refractivity contribution in [2.24, 2.45) is 0 Å².